The topological polar surface area (TPSA) is 26.3 Å². The van der Waals surface area contributed by atoms with Crippen molar-refractivity contribution in [2.24, 2.45) is 0 Å². The number of esters is 1. The van der Waals surface area contributed by atoms with Crippen LogP contribution in [0.4, 0.5) is 0 Å². The van der Waals surface area contributed by atoms with E-state index in [1.54, 1.807) is 0 Å². The second-order valence-corrected chi connectivity index (χ2v) is 4.86. The summed E-state index contributed by atoms with van der Waals surface area (Å²) in [5.41, 5.74) is 2.58. The Labute approximate surface area is 112 Å². The van der Waals surface area contributed by atoms with Gasteiger partial charge in [0.1, 0.15) is 6.10 Å². The van der Waals surface area contributed by atoms with Crippen molar-refractivity contribution in [3.8, 4) is 0 Å². The minimum atomic E-state index is -0.187. The lowest BCUT2D eigenvalue weighted by molar-refractivity contribution is -0.144. The Kier molecular flexibility index (Phi) is 9.35. The first kappa shape index (κ1) is 16.9. The first-order valence-corrected chi connectivity index (χ1v) is 6.96. The van der Waals surface area contributed by atoms with Gasteiger partial charge in [-0.25, -0.2) is 0 Å². The van der Waals surface area contributed by atoms with E-state index in [1.807, 2.05) is 0 Å². The molecule has 0 aromatic heterocycles. The fourth-order valence-electron chi connectivity index (χ4n) is 1.77. The number of carbonyl (C=O) groups excluding carboxylic acids is 1. The molecule has 0 aromatic carbocycles. The largest absolute Gasteiger partial charge is 0.458 e. The highest BCUT2D eigenvalue weighted by Crippen LogP contribution is 2.16. The van der Waals surface area contributed by atoms with Crippen molar-refractivity contribution in [3.05, 3.63) is 23.3 Å². The van der Waals surface area contributed by atoms with Crippen LogP contribution >= 0.6 is 0 Å². The lowest BCUT2D eigenvalue weighted by Crippen LogP contribution is -2.17. The van der Waals surface area contributed by atoms with Gasteiger partial charge >= 0.3 is 5.97 Å². The summed E-state index contributed by atoms with van der Waals surface area (Å²) in [6, 6.07) is 0. The van der Waals surface area contributed by atoms with Gasteiger partial charge in [-0.05, 0) is 52.0 Å². The van der Waals surface area contributed by atoms with Crippen molar-refractivity contribution in [3.63, 3.8) is 0 Å². The number of rotatable bonds is 8. The molecule has 0 heterocycles. The number of hydrogen-bond acceptors (Lipinski definition) is 2. The van der Waals surface area contributed by atoms with Crippen LogP contribution in [0, 0.1) is 0 Å². The van der Waals surface area contributed by atoms with E-state index in [0.717, 1.165) is 32.1 Å². The van der Waals surface area contributed by atoms with E-state index < -0.39 is 0 Å². The third kappa shape index (κ3) is 8.10. The summed E-state index contributed by atoms with van der Waals surface area (Å²) >= 11 is 0. The highest BCUT2D eigenvalue weighted by Gasteiger charge is 2.13. The monoisotopic (exact) mass is 252 g/mol. The molecular formula is C16H28O2. The smallest absolute Gasteiger partial charge is 0.303 e. The Morgan fingerprint density at radius 1 is 1.28 bits per heavy atom. The van der Waals surface area contributed by atoms with Gasteiger partial charge < -0.3 is 4.74 Å². The Balaban J connectivity index is 4.37. The van der Waals surface area contributed by atoms with Crippen LogP contribution in [-0.2, 0) is 9.53 Å². The van der Waals surface area contributed by atoms with Gasteiger partial charge in [0.2, 0.25) is 0 Å². The third-order valence-corrected chi connectivity index (χ3v) is 3.13. The van der Waals surface area contributed by atoms with Crippen LogP contribution in [0.5, 0.6) is 0 Å². The van der Waals surface area contributed by atoms with Crippen molar-refractivity contribution in [1.82, 2.24) is 0 Å². The van der Waals surface area contributed by atoms with E-state index in [-0.39, 0.29) is 12.1 Å². The number of unbranched alkanes of at least 4 members (excludes halogenated alkanes) is 1. The molecule has 0 fully saturated rings. The predicted octanol–water partition coefficient (Wildman–Crippen LogP) is 4.80. The van der Waals surface area contributed by atoms with Crippen LogP contribution < -0.4 is 0 Å². The summed E-state index contributed by atoms with van der Waals surface area (Å²) in [6.45, 7) is 9.91. The van der Waals surface area contributed by atoms with Gasteiger partial charge in [-0.15, -0.1) is 0 Å². The zero-order valence-corrected chi connectivity index (χ0v) is 12.6. The number of carbonyl (C=O) groups is 1. The van der Waals surface area contributed by atoms with E-state index >= 15 is 0 Å². The Bertz CT molecular complexity index is 300. The maximum atomic E-state index is 11.1. The van der Waals surface area contributed by atoms with Gasteiger partial charge in [0.25, 0.3) is 0 Å². The standard InChI is InChI=1S/C16H28O2/c1-6-8-12-16(18-15(5)17)14(4)11-9-10-13(3)7-2/h7,11,16H,6,8-10,12H2,1-5H3/b13-7+,14-11+. The quantitative estimate of drug-likeness (QED) is 0.458. The van der Waals surface area contributed by atoms with E-state index in [1.165, 1.54) is 18.1 Å². The molecule has 0 amide bonds. The summed E-state index contributed by atoms with van der Waals surface area (Å²) in [5.74, 6) is -0.187. The van der Waals surface area contributed by atoms with E-state index in [9.17, 15) is 4.79 Å². The van der Waals surface area contributed by atoms with E-state index in [2.05, 4.69) is 39.8 Å². The molecule has 18 heavy (non-hydrogen) atoms. The second kappa shape index (κ2) is 9.93. The zero-order valence-electron chi connectivity index (χ0n) is 12.6. The molecule has 0 rings (SSSR count). The summed E-state index contributed by atoms with van der Waals surface area (Å²) < 4.78 is 5.38. The Morgan fingerprint density at radius 2 is 1.94 bits per heavy atom. The van der Waals surface area contributed by atoms with Crippen LogP contribution in [-0.4, -0.2) is 12.1 Å². The van der Waals surface area contributed by atoms with Crippen LogP contribution in [0.25, 0.3) is 0 Å². The van der Waals surface area contributed by atoms with Gasteiger partial charge in [0.15, 0.2) is 0 Å². The molecule has 0 aromatic rings. The number of allylic oxidation sites excluding steroid dienone is 3. The lowest BCUT2D eigenvalue weighted by atomic mass is 10.0. The number of ether oxygens (including phenoxy) is 1. The Morgan fingerprint density at radius 3 is 2.44 bits per heavy atom. The highest BCUT2D eigenvalue weighted by atomic mass is 16.5. The predicted molar refractivity (Wildman–Crippen MR) is 77.5 cm³/mol. The summed E-state index contributed by atoms with van der Waals surface area (Å²) in [7, 11) is 0. The molecule has 0 aliphatic heterocycles. The molecule has 0 saturated heterocycles. The first-order valence-electron chi connectivity index (χ1n) is 6.96. The minimum Gasteiger partial charge on any atom is -0.458 e. The van der Waals surface area contributed by atoms with E-state index in [0.29, 0.717) is 0 Å². The average molecular weight is 252 g/mol. The van der Waals surface area contributed by atoms with Crippen molar-refractivity contribution < 1.29 is 9.53 Å². The van der Waals surface area contributed by atoms with Gasteiger partial charge in [0, 0.05) is 6.92 Å². The molecule has 1 atom stereocenters. The molecular weight excluding hydrogens is 224 g/mol. The first-order chi connectivity index (χ1) is 8.51. The summed E-state index contributed by atoms with van der Waals surface area (Å²) in [4.78, 5) is 11.1. The minimum absolute atomic E-state index is 0.0339. The molecule has 0 radical (unpaired) electrons. The maximum Gasteiger partial charge on any atom is 0.303 e. The normalized spacial score (nSPS) is 14.5. The fraction of sp³-hybridized carbons (Fsp3) is 0.688. The number of hydrogen-bond donors (Lipinski definition) is 0. The van der Waals surface area contributed by atoms with Crippen molar-refractivity contribution >= 4 is 5.97 Å². The van der Waals surface area contributed by atoms with Crippen LogP contribution in [0.1, 0.15) is 66.7 Å². The molecule has 1 unspecified atom stereocenters. The average Bonchev–Trinajstić information content (AvgIpc) is 2.33. The molecule has 104 valence electrons. The molecule has 0 saturated carbocycles. The summed E-state index contributed by atoms with van der Waals surface area (Å²) in [5, 5.41) is 0. The highest BCUT2D eigenvalue weighted by molar-refractivity contribution is 5.66. The molecule has 0 bridgehead atoms. The van der Waals surface area contributed by atoms with Gasteiger partial charge in [-0.1, -0.05) is 31.1 Å². The van der Waals surface area contributed by atoms with E-state index in [4.69, 9.17) is 4.74 Å². The molecule has 0 aliphatic rings. The fourth-order valence-corrected chi connectivity index (χ4v) is 1.77. The van der Waals surface area contributed by atoms with Gasteiger partial charge in [-0.3, -0.25) is 4.79 Å². The maximum absolute atomic E-state index is 11.1. The second-order valence-electron chi connectivity index (χ2n) is 4.86. The molecule has 0 aliphatic carbocycles. The lowest BCUT2D eigenvalue weighted by Gasteiger charge is -2.17. The SMILES string of the molecule is C/C=C(\C)CC/C=C(\C)C(CCCC)OC(C)=O. The third-order valence-electron chi connectivity index (χ3n) is 3.13. The molecule has 0 spiro atoms. The van der Waals surface area contributed by atoms with Crippen molar-refractivity contribution in [2.75, 3.05) is 0 Å². The zero-order chi connectivity index (χ0) is 14.0. The van der Waals surface area contributed by atoms with Gasteiger partial charge in [0.05, 0.1) is 0 Å². The van der Waals surface area contributed by atoms with Crippen molar-refractivity contribution in [2.45, 2.75) is 72.8 Å². The molecule has 2 nitrogen and oxygen atoms in total. The van der Waals surface area contributed by atoms with Crippen LogP contribution in [0.3, 0.4) is 0 Å². The van der Waals surface area contributed by atoms with Crippen LogP contribution in [0.15, 0.2) is 23.3 Å². The molecule has 0 N–H and O–H groups in total. The van der Waals surface area contributed by atoms with Gasteiger partial charge in [-0.2, -0.15) is 0 Å². The Hall–Kier alpha value is -1.05. The molecule has 2 heteroatoms. The van der Waals surface area contributed by atoms with Crippen LogP contribution in [0.2, 0.25) is 0 Å². The van der Waals surface area contributed by atoms with Crippen molar-refractivity contribution in [1.29, 1.82) is 0 Å². The summed E-state index contributed by atoms with van der Waals surface area (Å²) in [6.07, 6.45) is 9.56.